The van der Waals surface area contributed by atoms with E-state index in [0.717, 1.165) is 16.9 Å². The van der Waals surface area contributed by atoms with E-state index in [1.54, 1.807) is 31.4 Å². The van der Waals surface area contributed by atoms with Crippen LogP contribution < -0.4 is 4.74 Å². The lowest BCUT2D eigenvalue weighted by atomic mass is 10.1. The first-order valence-corrected chi connectivity index (χ1v) is 8.39. The molecule has 0 saturated heterocycles. The Hall–Kier alpha value is -2.86. The van der Waals surface area contributed by atoms with Crippen molar-refractivity contribution in [2.45, 2.75) is 19.4 Å². The molecule has 0 N–H and O–H groups in total. The van der Waals surface area contributed by atoms with Crippen molar-refractivity contribution in [2.75, 3.05) is 7.11 Å². The lowest BCUT2D eigenvalue weighted by molar-refractivity contribution is -0.145. The van der Waals surface area contributed by atoms with Crippen LogP contribution in [0.2, 0.25) is 5.02 Å². The van der Waals surface area contributed by atoms with E-state index in [-0.39, 0.29) is 19.0 Å². The van der Waals surface area contributed by atoms with E-state index >= 15 is 0 Å². The number of halogens is 1. The number of hydrogen-bond donors (Lipinski definition) is 0. The van der Waals surface area contributed by atoms with E-state index in [1.807, 2.05) is 24.3 Å². The average molecular weight is 373 g/mol. The van der Waals surface area contributed by atoms with Crippen LogP contribution in [-0.4, -0.2) is 23.2 Å². The second-order valence-corrected chi connectivity index (χ2v) is 5.97. The van der Waals surface area contributed by atoms with E-state index in [0.29, 0.717) is 23.2 Å². The fraction of sp³-hybridized carbons (Fsp3) is 0.211. The number of methoxy groups -OCH3 is 1. The molecule has 3 aromatic rings. The van der Waals surface area contributed by atoms with Crippen molar-refractivity contribution in [3.8, 4) is 17.2 Å². The molecular weight excluding hydrogens is 356 g/mol. The Balaban J connectivity index is 1.49. The Morgan fingerprint density at radius 3 is 2.54 bits per heavy atom. The summed E-state index contributed by atoms with van der Waals surface area (Å²) in [4.78, 5) is 16.1. The smallest absolute Gasteiger partial charge is 0.306 e. The molecule has 0 amide bonds. The highest BCUT2D eigenvalue weighted by Crippen LogP contribution is 2.20. The number of nitrogens with zero attached hydrogens (tertiary/aromatic N) is 2. The summed E-state index contributed by atoms with van der Waals surface area (Å²) in [6, 6.07) is 14.6. The molecule has 3 rings (SSSR count). The summed E-state index contributed by atoms with van der Waals surface area (Å²) in [6.45, 7) is -0.0287. The molecule has 0 saturated carbocycles. The van der Waals surface area contributed by atoms with Crippen LogP contribution in [0.1, 0.15) is 17.8 Å². The minimum Gasteiger partial charge on any atom is -0.497 e. The molecule has 0 aliphatic heterocycles. The highest BCUT2D eigenvalue weighted by molar-refractivity contribution is 6.30. The maximum atomic E-state index is 11.9. The molecule has 0 unspecified atom stereocenters. The van der Waals surface area contributed by atoms with Gasteiger partial charge in [0.05, 0.1) is 7.11 Å². The zero-order valence-corrected chi connectivity index (χ0v) is 14.9. The molecule has 134 valence electrons. The van der Waals surface area contributed by atoms with E-state index in [1.165, 1.54) is 0 Å². The predicted molar refractivity (Wildman–Crippen MR) is 95.9 cm³/mol. The van der Waals surface area contributed by atoms with Crippen LogP contribution >= 0.6 is 11.6 Å². The Labute approximate surface area is 155 Å². The van der Waals surface area contributed by atoms with Crippen molar-refractivity contribution < 1.29 is 18.8 Å². The third-order valence-electron chi connectivity index (χ3n) is 3.70. The molecule has 0 atom stereocenters. The molecule has 0 fully saturated rings. The van der Waals surface area contributed by atoms with Crippen LogP contribution in [-0.2, 0) is 22.6 Å². The van der Waals surface area contributed by atoms with Crippen LogP contribution in [0.15, 0.2) is 53.1 Å². The van der Waals surface area contributed by atoms with Crippen LogP contribution in [0.3, 0.4) is 0 Å². The van der Waals surface area contributed by atoms with E-state index in [9.17, 15) is 4.79 Å². The monoisotopic (exact) mass is 372 g/mol. The van der Waals surface area contributed by atoms with Crippen molar-refractivity contribution in [1.29, 1.82) is 0 Å². The first-order chi connectivity index (χ1) is 12.6. The summed E-state index contributed by atoms with van der Waals surface area (Å²) in [5.41, 5.74) is 1.78. The molecule has 0 aliphatic rings. The van der Waals surface area contributed by atoms with Gasteiger partial charge in [-0.25, -0.2) is 0 Å². The van der Waals surface area contributed by atoms with Crippen molar-refractivity contribution in [3.63, 3.8) is 0 Å². The molecular formula is C19H17ClN2O4. The second-order valence-electron chi connectivity index (χ2n) is 5.53. The SMILES string of the molecule is COc1ccc(-c2nc(COC(=O)CCc3ccc(Cl)cc3)no2)cc1. The molecule has 0 spiro atoms. The first kappa shape index (κ1) is 17.9. The molecule has 2 aromatic carbocycles. The Kier molecular flexibility index (Phi) is 5.86. The lowest BCUT2D eigenvalue weighted by Crippen LogP contribution is -2.06. The van der Waals surface area contributed by atoms with E-state index in [2.05, 4.69) is 10.1 Å². The summed E-state index contributed by atoms with van der Waals surface area (Å²) in [5.74, 6) is 1.09. The number of aromatic nitrogens is 2. The van der Waals surface area contributed by atoms with Gasteiger partial charge in [0, 0.05) is 17.0 Å². The predicted octanol–water partition coefficient (Wildman–Crippen LogP) is 4.07. The zero-order valence-electron chi connectivity index (χ0n) is 14.1. The number of rotatable bonds is 7. The third-order valence-corrected chi connectivity index (χ3v) is 3.95. The highest BCUT2D eigenvalue weighted by Gasteiger charge is 2.11. The number of carbonyl (C=O) groups excluding carboxylic acids is 1. The normalized spacial score (nSPS) is 10.5. The maximum Gasteiger partial charge on any atom is 0.306 e. The molecule has 7 heteroatoms. The zero-order chi connectivity index (χ0) is 18.4. The van der Waals surface area contributed by atoms with Crippen LogP contribution in [0.5, 0.6) is 5.75 Å². The maximum absolute atomic E-state index is 11.9. The summed E-state index contributed by atoms with van der Waals surface area (Å²) >= 11 is 5.83. The van der Waals surface area contributed by atoms with Gasteiger partial charge in [0.1, 0.15) is 5.75 Å². The Morgan fingerprint density at radius 2 is 1.85 bits per heavy atom. The van der Waals surface area contributed by atoms with Gasteiger partial charge in [-0.15, -0.1) is 0 Å². The van der Waals surface area contributed by atoms with Crippen LogP contribution in [0, 0.1) is 0 Å². The van der Waals surface area contributed by atoms with Gasteiger partial charge in [0.2, 0.25) is 5.82 Å². The van der Waals surface area contributed by atoms with Gasteiger partial charge in [0.25, 0.3) is 5.89 Å². The average Bonchev–Trinajstić information content (AvgIpc) is 3.15. The fourth-order valence-electron chi connectivity index (χ4n) is 2.28. The molecule has 1 heterocycles. The molecule has 0 radical (unpaired) electrons. The van der Waals surface area contributed by atoms with Gasteiger partial charge in [0.15, 0.2) is 6.61 Å². The summed E-state index contributed by atoms with van der Waals surface area (Å²) < 4.78 is 15.5. The number of aryl methyl sites for hydroxylation is 1. The number of carbonyl (C=O) groups is 1. The topological polar surface area (TPSA) is 74.5 Å². The van der Waals surface area contributed by atoms with Crippen LogP contribution in [0.4, 0.5) is 0 Å². The van der Waals surface area contributed by atoms with Gasteiger partial charge in [-0.1, -0.05) is 28.9 Å². The minimum absolute atomic E-state index is 0.0287. The number of esters is 1. The van der Waals surface area contributed by atoms with Gasteiger partial charge in [-0.3, -0.25) is 4.79 Å². The molecule has 0 aliphatic carbocycles. The van der Waals surface area contributed by atoms with Crippen molar-refractivity contribution in [1.82, 2.24) is 10.1 Å². The van der Waals surface area contributed by atoms with E-state index < -0.39 is 0 Å². The molecule has 6 nitrogen and oxygen atoms in total. The quantitative estimate of drug-likeness (QED) is 0.582. The summed E-state index contributed by atoms with van der Waals surface area (Å²) in [5, 5.41) is 4.49. The second kappa shape index (κ2) is 8.49. The van der Waals surface area contributed by atoms with Crippen molar-refractivity contribution >= 4 is 17.6 Å². The largest absolute Gasteiger partial charge is 0.497 e. The third kappa shape index (κ3) is 4.83. The van der Waals surface area contributed by atoms with E-state index in [4.69, 9.17) is 25.6 Å². The number of ether oxygens (including phenoxy) is 2. The Bertz CT molecular complexity index is 860. The fourth-order valence-corrected chi connectivity index (χ4v) is 2.40. The van der Waals surface area contributed by atoms with Gasteiger partial charge in [-0.05, 0) is 48.4 Å². The Morgan fingerprint density at radius 1 is 1.12 bits per heavy atom. The number of hydrogen-bond acceptors (Lipinski definition) is 6. The van der Waals surface area contributed by atoms with Gasteiger partial charge >= 0.3 is 5.97 Å². The van der Waals surface area contributed by atoms with Gasteiger partial charge in [-0.2, -0.15) is 4.98 Å². The highest BCUT2D eigenvalue weighted by atomic mass is 35.5. The van der Waals surface area contributed by atoms with Gasteiger partial charge < -0.3 is 14.0 Å². The molecule has 0 bridgehead atoms. The summed E-state index contributed by atoms with van der Waals surface area (Å²) in [6.07, 6.45) is 0.851. The molecule has 26 heavy (non-hydrogen) atoms. The standard InChI is InChI=1S/C19H17ClN2O4/c1-24-16-9-5-14(6-10-16)19-21-17(22-26-19)12-25-18(23)11-4-13-2-7-15(20)8-3-13/h2-3,5-10H,4,11-12H2,1H3. The minimum atomic E-state index is -0.323. The first-order valence-electron chi connectivity index (χ1n) is 8.01. The number of benzene rings is 2. The van der Waals surface area contributed by atoms with Crippen LogP contribution in [0.25, 0.3) is 11.5 Å². The molecule has 1 aromatic heterocycles. The van der Waals surface area contributed by atoms with Crippen molar-refractivity contribution in [3.05, 3.63) is 64.9 Å². The van der Waals surface area contributed by atoms with Crippen molar-refractivity contribution in [2.24, 2.45) is 0 Å². The summed E-state index contributed by atoms with van der Waals surface area (Å²) in [7, 11) is 1.60. The lowest BCUT2D eigenvalue weighted by Gasteiger charge is -2.02.